The molecule has 134 valence electrons. The number of carboxylic acid groups (broad SMARTS) is 1. The second-order valence-electron chi connectivity index (χ2n) is 7.49. The summed E-state index contributed by atoms with van der Waals surface area (Å²) in [6, 6.07) is -0.765. The highest BCUT2D eigenvalue weighted by atomic mass is 16.4. The average molecular weight is 325 g/mol. The molecule has 4 heteroatoms. The molecule has 1 fully saturated rings. The molecule has 0 unspecified atom stereocenters. The number of carbonyl (C=O) groups excluding carboxylic acids is 1. The Morgan fingerprint density at radius 2 is 1.65 bits per heavy atom. The lowest BCUT2D eigenvalue weighted by molar-refractivity contribution is -0.144. The topological polar surface area (TPSA) is 66.4 Å². The molecule has 0 aromatic heterocycles. The Balaban J connectivity index is 2.27. The molecule has 0 spiro atoms. The third-order valence-corrected chi connectivity index (χ3v) is 5.16. The van der Waals surface area contributed by atoms with E-state index in [2.05, 4.69) is 12.2 Å². The summed E-state index contributed by atoms with van der Waals surface area (Å²) in [6.45, 7) is 5.89. The second-order valence-corrected chi connectivity index (χ2v) is 7.49. The summed E-state index contributed by atoms with van der Waals surface area (Å²) >= 11 is 0. The highest BCUT2D eigenvalue weighted by Gasteiger charge is 2.30. The minimum atomic E-state index is -0.936. The molecule has 0 saturated heterocycles. The molecule has 1 saturated carbocycles. The summed E-state index contributed by atoms with van der Waals surface area (Å²) in [6.07, 6.45) is 12.0. The highest BCUT2D eigenvalue weighted by molar-refractivity contribution is 5.85. The molecule has 0 heterocycles. The summed E-state index contributed by atoms with van der Waals surface area (Å²) in [4.78, 5) is 23.5. The van der Waals surface area contributed by atoms with Crippen LogP contribution in [0.4, 0.5) is 0 Å². The van der Waals surface area contributed by atoms with E-state index in [1.165, 1.54) is 38.5 Å². The first-order chi connectivity index (χ1) is 11.0. The van der Waals surface area contributed by atoms with Crippen molar-refractivity contribution in [2.24, 2.45) is 17.8 Å². The minimum Gasteiger partial charge on any atom is -0.480 e. The van der Waals surface area contributed by atoms with E-state index < -0.39 is 12.0 Å². The van der Waals surface area contributed by atoms with Gasteiger partial charge in [-0.2, -0.15) is 0 Å². The van der Waals surface area contributed by atoms with Crippen molar-refractivity contribution < 1.29 is 14.7 Å². The molecule has 1 amide bonds. The van der Waals surface area contributed by atoms with E-state index in [0.717, 1.165) is 31.6 Å². The molecule has 0 radical (unpaired) electrons. The van der Waals surface area contributed by atoms with Gasteiger partial charge in [0, 0.05) is 5.92 Å². The zero-order valence-electron chi connectivity index (χ0n) is 15.1. The molecular formula is C19H35NO3. The molecule has 23 heavy (non-hydrogen) atoms. The van der Waals surface area contributed by atoms with Crippen LogP contribution < -0.4 is 5.32 Å². The van der Waals surface area contributed by atoms with Crippen LogP contribution in [0.15, 0.2) is 0 Å². The lowest BCUT2D eigenvalue weighted by Crippen LogP contribution is -2.47. The maximum atomic E-state index is 12.3. The largest absolute Gasteiger partial charge is 0.480 e. The lowest BCUT2D eigenvalue weighted by atomic mass is 9.79. The fourth-order valence-electron chi connectivity index (χ4n) is 3.53. The molecule has 2 N–H and O–H groups in total. The number of nitrogens with one attached hydrogen (secondary N) is 1. The summed E-state index contributed by atoms with van der Waals surface area (Å²) in [5.41, 5.74) is 0. The van der Waals surface area contributed by atoms with Gasteiger partial charge in [0.2, 0.25) is 5.91 Å². The number of carboxylic acids is 1. The predicted molar refractivity (Wildman–Crippen MR) is 93.2 cm³/mol. The number of hydrogen-bond donors (Lipinski definition) is 2. The van der Waals surface area contributed by atoms with E-state index in [4.69, 9.17) is 0 Å². The summed E-state index contributed by atoms with van der Waals surface area (Å²) < 4.78 is 0. The summed E-state index contributed by atoms with van der Waals surface area (Å²) in [5.74, 6) is -0.314. The van der Waals surface area contributed by atoms with Crippen LogP contribution in [0, 0.1) is 17.8 Å². The van der Waals surface area contributed by atoms with Crippen LogP contribution in [0.5, 0.6) is 0 Å². The Bertz CT molecular complexity index is 360. The van der Waals surface area contributed by atoms with Crippen LogP contribution in [0.1, 0.15) is 85.0 Å². The molecule has 0 aromatic rings. The van der Waals surface area contributed by atoms with Gasteiger partial charge in [-0.25, -0.2) is 4.79 Å². The third-order valence-electron chi connectivity index (χ3n) is 5.16. The molecule has 1 atom stereocenters. The smallest absolute Gasteiger partial charge is 0.326 e. The van der Waals surface area contributed by atoms with Crippen LogP contribution in [-0.4, -0.2) is 23.0 Å². The van der Waals surface area contributed by atoms with Crippen LogP contribution in [-0.2, 0) is 9.59 Å². The maximum Gasteiger partial charge on any atom is 0.326 e. The van der Waals surface area contributed by atoms with E-state index in [0.29, 0.717) is 0 Å². The third kappa shape index (κ3) is 7.36. The maximum absolute atomic E-state index is 12.3. The number of rotatable bonds is 10. The standard InChI is InChI=1S/C19H35NO3/c1-4-5-6-7-8-9-15-10-12-16(13-11-15)18(21)20-17(14(2)3)19(22)23/h14-17H,4-13H2,1-3H3,(H,20,21)(H,22,23)/t15?,16?,17-/m0/s1. The number of amides is 1. The fourth-order valence-corrected chi connectivity index (χ4v) is 3.53. The SMILES string of the molecule is CCCCCCCC1CCC(C(=O)N[C@H](C(=O)O)C(C)C)CC1. The fraction of sp³-hybridized carbons (Fsp3) is 0.895. The van der Waals surface area contributed by atoms with Crippen molar-refractivity contribution in [3.05, 3.63) is 0 Å². The van der Waals surface area contributed by atoms with Gasteiger partial charge in [-0.15, -0.1) is 0 Å². The van der Waals surface area contributed by atoms with Crippen molar-refractivity contribution in [3.63, 3.8) is 0 Å². The van der Waals surface area contributed by atoms with Crippen molar-refractivity contribution in [2.45, 2.75) is 91.0 Å². The van der Waals surface area contributed by atoms with Crippen molar-refractivity contribution in [1.82, 2.24) is 5.32 Å². The first-order valence-electron chi connectivity index (χ1n) is 9.48. The summed E-state index contributed by atoms with van der Waals surface area (Å²) in [7, 11) is 0. The number of unbranched alkanes of at least 4 members (excludes halogenated alkanes) is 4. The highest BCUT2D eigenvalue weighted by Crippen LogP contribution is 2.32. The van der Waals surface area contributed by atoms with Crippen LogP contribution >= 0.6 is 0 Å². The van der Waals surface area contributed by atoms with E-state index in [1.807, 2.05) is 13.8 Å². The molecule has 0 aliphatic heterocycles. The first-order valence-corrected chi connectivity index (χ1v) is 9.48. The Hall–Kier alpha value is -1.06. The van der Waals surface area contributed by atoms with Crippen molar-refractivity contribution in [3.8, 4) is 0 Å². The van der Waals surface area contributed by atoms with Gasteiger partial charge in [-0.3, -0.25) is 4.79 Å². The van der Waals surface area contributed by atoms with Gasteiger partial charge < -0.3 is 10.4 Å². The molecule has 1 aliphatic rings. The van der Waals surface area contributed by atoms with Gasteiger partial charge in [0.25, 0.3) is 0 Å². The van der Waals surface area contributed by atoms with Crippen molar-refractivity contribution >= 4 is 11.9 Å². The lowest BCUT2D eigenvalue weighted by Gasteiger charge is -2.29. The number of aliphatic carboxylic acids is 1. The second kappa shape index (κ2) is 10.7. The Labute approximate surface area is 141 Å². The molecule has 1 aliphatic carbocycles. The van der Waals surface area contributed by atoms with Gasteiger partial charge in [-0.1, -0.05) is 59.3 Å². The molecule has 0 bridgehead atoms. The normalized spacial score (nSPS) is 22.8. The van der Waals surface area contributed by atoms with Gasteiger partial charge >= 0.3 is 5.97 Å². The number of hydrogen-bond acceptors (Lipinski definition) is 2. The predicted octanol–water partition coefficient (Wildman–Crippen LogP) is 4.38. The van der Waals surface area contributed by atoms with Crippen LogP contribution in [0.3, 0.4) is 0 Å². The van der Waals surface area contributed by atoms with E-state index >= 15 is 0 Å². The monoisotopic (exact) mass is 325 g/mol. The van der Waals surface area contributed by atoms with Crippen molar-refractivity contribution in [2.75, 3.05) is 0 Å². The number of carbonyl (C=O) groups is 2. The van der Waals surface area contributed by atoms with Crippen molar-refractivity contribution in [1.29, 1.82) is 0 Å². The van der Waals surface area contributed by atoms with Gasteiger partial charge in [0.15, 0.2) is 0 Å². The Morgan fingerprint density at radius 1 is 1.04 bits per heavy atom. The molecule has 4 nitrogen and oxygen atoms in total. The average Bonchev–Trinajstić information content (AvgIpc) is 2.52. The Morgan fingerprint density at radius 3 is 2.17 bits per heavy atom. The quantitative estimate of drug-likeness (QED) is 0.586. The first kappa shape index (κ1) is 20.0. The Kier molecular flexibility index (Phi) is 9.27. The zero-order chi connectivity index (χ0) is 17.2. The minimum absolute atomic E-state index is 0.00643. The van der Waals surface area contributed by atoms with Gasteiger partial charge in [0.05, 0.1) is 0 Å². The summed E-state index contributed by atoms with van der Waals surface area (Å²) in [5, 5.41) is 11.9. The van der Waals surface area contributed by atoms with E-state index in [-0.39, 0.29) is 17.7 Å². The van der Waals surface area contributed by atoms with E-state index in [1.54, 1.807) is 0 Å². The zero-order valence-corrected chi connectivity index (χ0v) is 15.1. The molecule has 1 rings (SSSR count). The molecular weight excluding hydrogens is 290 g/mol. The molecule has 0 aromatic carbocycles. The van der Waals surface area contributed by atoms with E-state index in [9.17, 15) is 14.7 Å². The van der Waals surface area contributed by atoms with Gasteiger partial charge in [-0.05, 0) is 37.5 Å². The van der Waals surface area contributed by atoms with Gasteiger partial charge in [0.1, 0.15) is 6.04 Å². The van der Waals surface area contributed by atoms with Crippen LogP contribution in [0.25, 0.3) is 0 Å². The van der Waals surface area contributed by atoms with Crippen LogP contribution in [0.2, 0.25) is 0 Å².